The maximum absolute atomic E-state index is 6.21. The molecule has 0 radical (unpaired) electrons. The van der Waals surface area contributed by atoms with Gasteiger partial charge in [-0.15, -0.1) is 0 Å². The molecule has 0 aliphatic rings. The molecule has 0 saturated heterocycles. The number of nitrogens with one attached hydrogen (secondary N) is 1. The molecular formula is C20H18Cl2N2O. The monoisotopic (exact) mass is 372 g/mol. The molecule has 0 fully saturated rings. The van der Waals surface area contributed by atoms with Crippen LogP contribution in [0.4, 0.5) is 0 Å². The lowest BCUT2D eigenvalue weighted by Crippen LogP contribution is -2.13. The minimum atomic E-state index is 0.400. The van der Waals surface area contributed by atoms with Crippen molar-refractivity contribution in [3.05, 3.63) is 93.7 Å². The molecule has 0 saturated carbocycles. The molecule has 1 N–H and O–H groups in total. The zero-order chi connectivity index (χ0) is 17.5. The highest BCUT2D eigenvalue weighted by Gasteiger charge is 2.06. The summed E-state index contributed by atoms with van der Waals surface area (Å²) >= 11 is 12.1. The number of aromatic nitrogens is 1. The molecule has 1 heterocycles. The van der Waals surface area contributed by atoms with Crippen LogP contribution in [0.3, 0.4) is 0 Å². The Morgan fingerprint density at radius 2 is 1.68 bits per heavy atom. The first kappa shape index (κ1) is 17.7. The zero-order valence-electron chi connectivity index (χ0n) is 13.6. The highest BCUT2D eigenvalue weighted by Crippen LogP contribution is 2.24. The summed E-state index contributed by atoms with van der Waals surface area (Å²) in [6.07, 6.45) is 3.59. The van der Waals surface area contributed by atoms with Crippen molar-refractivity contribution in [2.24, 2.45) is 0 Å². The Labute approximate surface area is 157 Å². The van der Waals surface area contributed by atoms with E-state index < -0.39 is 0 Å². The predicted molar refractivity (Wildman–Crippen MR) is 102 cm³/mol. The largest absolute Gasteiger partial charge is 0.489 e. The second kappa shape index (κ2) is 8.86. The summed E-state index contributed by atoms with van der Waals surface area (Å²) in [7, 11) is 0. The quantitative estimate of drug-likeness (QED) is 0.614. The first-order valence-corrected chi connectivity index (χ1v) is 8.72. The fourth-order valence-corrected chi connectivity index (χ4v) is 2.89. The lowest BCUT2D eigenvalue weighted by atomic mass is 10.2. The second-order valence-electron chi connectivity index (χ2n) is 5.59. The molecule has 5 heteroatoms. The van der Waals surface area contributed by atoms with Crippen LogP contribution in [-0.2, 0) is 19.7 Å². The first-order chi connectivity index (χ1) is 12.2. The molecule has 3 nitrogen and oxygen atoms in total. The van der Waals surface area contributed by atoms with E-state index in [2.05, 4.69) is 16.4 Å². The average molecular weight is 373 g/mol. The van der Waals surface area contributed by atoms with Gasteiger partial charge >= 0.3 is 0 Å². The van der Waals surface area contributed by atoms with E-state index in [1.54, 1.807) is 18.5 Å². The van der Waals surface area contributed by atoms with Crippen molar-refractivity contribution in [2.75, 3.05) is 0 Å². The van der Waals surface area contributed by atoms with E-state index in [1.807, 2.05) is 42.5 Å². The third kappa shape index (κ3) is 5.20. The minimum Gasteiger partial charge on any atom is -0.489 e. The van der Waals surface area contributed by atoms with Gasteiger partial charge in [-0.25, -0.2) is 0 Å². The molecule has 1 aromatic heterocycles. The van der Waals surface area contributed by atoms with Gasteiger partial charge in [0.05, 0.1) is 0 Å². The zero-order valence-corrected chi connectivity index (χ0v) is 15.1. The predicted octanol–water partition coefficient (Wildman–Crippen LogP) is 5.26. The van der Waals surface area contributed by atoms with E-state index in [-0.39, 0.29) is 0 Å². The summed E-state index contributed by atoms with van der Waals surface area (Å²) in [6, 6.07) is 17.4. The van der Waals surface area contributed by atoms with Crippen LogP contribution in [0.15, 0.2) is 67.0 Å². The Bertz CT molecular complexity index is 825. The van der Waals surface area contributed by atoms with E-state index in [9.17, 15) is 0 Å². The van der Waals surface area contributed by atoms with Gasteiger partial charge in [-0.2, -0.15) is 0 Å². The summed E-state index contributed by atoms with van der Waals surface area (Å²) in [6.45, 7) is 1.89. The highest BCUT2D eigenvalue weighted by atomic mass is 35.5. The van der Waals surface area contributed by atoms with Crippen molar-refractivity contribution in [3.63, 3.8) is 0 Å². The summed E-state index contributed by atoms with van der Waals surface area (Å²) in [5, 5.41) is 4.66. The van der Waals surface area contributed by atoms with Crippen LogP contribution in [0.5, 0.6) is 5.75 Å². The summed E-state index contributed by atoms with van der Waals surface area (Å²) < 4.78 is 5.97. The molecule has 25 heavy (non-hydrogen) atoms. The van der Waals surface area contributed by atoms with Gasteiger partial charge in [-0.3, -0.25) is 4.98 Å². The number of halogens is 2. The van der Waals surface area contributed by atoms with E-state index in [1.165, 1.54) is 5.56 Å². The van der Waals surface area contributed by atoms with Gasteiger partial charge in [0.1, 0.15) is 12.4 Å². The second-order valence-corrected chi connectivity index (χ2v) is 6.43. The van der Waals surface area contributed by atoms with Crippen LogP contribution in [0, 0.1) is 0 Å². The number of para-hydroxylation sites is 1. The standard InChI is InChI=1S/C20H18Cl2N2O/c21-18-6-5-17(19(22)11-18)14-25-20-4-2-1-3-16(20)13-24-12-15-7-9-23-10-8-15/h1-11,24H,12-14H2. The van der Waals surface area contributed by atoms with E-state index in [0.29, 0.717) is 23.2 Å². The maximum atomic E-state index is 6.21. The van der Waals surface area contributed by atoms with E-state index in [0.717, 1.165) is 23.4 Å². The van der Waals surface area contributed by atoms with E-state index >= 15 is 0 Å². The van der Waals surface area contributed by atoms with Crippen LogP contribution in [0.25, 0.3) is 0 Å². The van der Waals surface area contributed by atoms with Crippen LogP contribution >= 0.6 is 23.2 Å². The molecular weight excluding hydrogens is 355 g/mol. The van der Waals surface area contributed by atoms with Gasteiger partial charge in [0, 0.05) is 46.7 Å². The molecule has 0 amide bonds. The molecule has 3 rings (SSSR count). The highest BCUT2D eigenvalue weighted by molar-refractivity contribution is 6.35. The van der Waals surface area contributed by atoms with Crippen molar-refractivity contribution >= 4 is 23.2 Å². The Kier molecular flexibility index (Phi) is 6.29. The van der Waals surface area contributed by atoms with Crippen molar-refractivity contribution in [1.82, 2.24) is 10.3 Å². The van der Waals surface area contributed by atoms with Gasteiger partial charge in [-0.1, -0.05) is 47.5 Å². The van der Waals surface area contributed by atoms with Gasteiger partial charge in [-0.05, 0) is 35.9 Å². The van der Waals surface area contributed by atoms with Crippen molar-refractivity contribution < 1.29 is 4.74 Å². The Balaban J connectivity index is 1.60. The molecule has 3 aromatic rings. The van der Waals surface area contributed by atoms with Crippen LogP contribution in [0.1, 0.15) is 16.7 Å². The van der Waals surface area contributed by atoms with Crippen molar-refractivity contribution in [2.45, 2.75) is 19.7 Å². The molecule has 128 valence electrons. The Hall–Kier alpha value is -2.07. The Morgan fingerprint density at radius 1 is 0.880 bits per heavy atom. The minimum absolute atomic E-state index is 0.400. The number of hydrogen-bond donors (Lipinski definition) is 1. The lowest BCUT2D eigenvalue weighted by Gasteiger charge is -2.13. The maximum Gasteiger partial charge on any atom is 0.124 e. The molecule has 0 aliphatic heterocycles. The average Bonchev–Trinajstić information content (AvgIpc) is 2.63. The topological polar surface area (TPSA) is 34.1 Å². The van der Waals surface area contributed by atoms with Gasteiger partial charge in [0.25, 0.3) is 0 Å². The normalized spacial score (nSPS) is 10.6. The summed E-state index contributed by atoms with van der Waals surface area (Å²) in [4.78, 5) is 4.02. The number of benzene rings is 2. The van der Waals surface area contributed by atoms with Gasteiger partial charge in [0.2, 0.25) is 0 Å². The van der Waals surface area contributed by atoms with Crippen LogP contribution in [0.2, 0.25) is 10.0 Å². The third-order valence-corrected chi connectivity index (χ3v) is 4.35. The number of hydrogen-bond acceptors (Lipinski definition) is 3. The van der Waals surface area contributed by atoms with Gasteiger partial charge in [0.15, 0.2) is 0 Å². The van der Waals surface area contributed by atoms with Crippen molar-refractivity contribution in [1.29, 1.82) is 0 Å². The molecule has 0 aliphatic carbocycles. The van der Waals surface area contributed by atoms with Crippen LogP contribution in [-0.4, -0.2) is 4.98 Å². The molecule has 2 aromatic carbocycles. The number of rotatable bonds is 7. The summed E-state index contributed by atoms with van der Waals surface area (Å²) in [5.74, 6) is 0.843. The Morgan fingerprint density at radius 3 is 2.48 bits per heavy atom. The number of nitrogens with zero attached hydrogens (tertiary/aromatic N) is 1. The fraction of sp³-hybridized carbons (Fsp3) is 0.150. The van der Waals surface area contributed by atoms with E-state index in [4.69, 9.17) is 27.9 Å². The molecule has 0 atom stereocenters. The summed E-state index contributed by atoms with van der Waals surface area (Å²) in [5.41, 5.74) is 3.20. The van der Waals surface area contributed by atoms with Crippen LogP contribution < -0.4 is 10.1 Å². The molecule has 0 bridgehead atoms. The molecule has 0 spiro atoms. The lowest BCUT2D eigenvalue weighted by molar-refractivity contribution is 0.302. The van der Waals surface area contributed by atoms with Gasteiger partial charge < -0.3 is 10.1 Å². The van der Waals surface area contributed by atoms with Crippen molar-refractivity contribution in [3.8, 4) is 5.75 Å². The SMILES string of the molecule is Clc1ccc(COc2ccccc2CNCc2ccncc2)c(Cl)c1. The number of pyridine rings is 1. The first-order valence-electron chi connectivity index (χ1n) is 7.96. The number of ether oxygens (including phenoxy) is 1. The third-order valence-electron chi connectivity index (χ3n) is 3.76. The smallest absolute Gasteiger partial charge is 0.124 e. The fourth-order valence-electron chi connectivity index (χ4n) is 2.43. The molecule has 0 unspecified atom stereocenters.